The van der Waals surface area contributed by atoms with Gasteiger partial charge in [-0.3, -0.25) is 4.90 Å². The summed E-state index contributed by atoms with van der Waals surface area (Å²) in [6.45, 7) is 5.09. The third kappa shape index (κ3) is 2.71. The topological polar surface area (TPSA) is 40.3 Å². The first-order valence-electron chi connectivity index (χ1n) is 8.01. The number of morpholine rings is 1. The number of hydrogen-bond acceptors (Lipinski definition) is 3. The summed E-state index contributed by atoms with van der Waals surface area (Å²) in [5.74, 6) is 0. The van der Waals surface area contributed by atoms with Gasteiger partial charge in [-0.2, -0.15) is 0 Å². The van der Waals surface area contributed by atoms with Gasteiger partial charge in [-0.1, -0.05) is 18.2 Å². The Morgan fingerprint density at radius 2 is 2.29 bits per heavy atom. The van der Waals surface area contributed by atoms with Gasteiger partial charge in [0.25, 0.3) is 0 Å². The van der Waals surface area contributed by atoms with Gasteiger partial charge < -0.3 is 15.0 Å². The molecule has 2 aromatic rings. The van der Waals surface area contributed by atoms with Crippen LogP contribution in [0.25, 0.3) is 10.9 Å². The minimum Gasteiger partial charge on any atom is -0.374 e. The molecule has 2 unspecified atom stereocenters. The molecule has 2 aliphatic heterocycles. The summed E-state index contributed by atoms with van der Waals surface area (Å²) in [5, 5.41) is 4.87. The summed E-state index contributed by atoms with van der Waals surface area (Å²) in [4.78, 5) is 5.93. The van der Waals surface area contributed by atoms with Gasteiger partial charge in [-0.25, -0.2) is 0 Å². The molecule has 1 aromatic heterocycles. The highest BCUT2D eigenvalue weighted by Gasteiger charge is 2.31. The van der Waals surface area contributed by atoms with E-state index in [1.54, 1.807) is 0 Å². The minimum atomic E-state index is 0.338. The first-order valence-corrected chi connectivity index (χ1v) is 8.01. The Hall–Kier alpha value is -1.36. The molecule has 2 saturated heterocycles. The van der Waals surface area contributed by atoms with Gasteiger partial charge in [0.1, 0.15) is 0 Å². The van der Waals surface area contributed by atoms with E-state index in [0.717, 1.165) is 26.2 Å². The summed E-state index contributed by atoms with van der Waals surface area (Å²) in [7, 11) is 0. The number of ether oxygens (including phenoxy) is 1. The van der Waals surface area contributed by atoms with Gasteiger partial charge in [-0.15, -0.1) is 0 Å². The van der Waals surface area contributed by atoms with Crippen LogP contribution in [0.2, 0.25) is 0 Å². The van der Waals surface area contributed by atoms with Crippen molar-refractivity contribution in [1.29, 1.82) is 0 Å². The second-order valence-electron chi connectivity index (χ2n) is 6.24. The summed E-state index contributed by atoms with van der Waals surface area (Å²) in [5.41, 5.74) is 2.54. The fourth-order valence-electron chi connectivity index (χ4n) is 3.65. The van der Waals surface area contributed by atoms with Crippen molar-refractivity contribution in [3.8, 4) is 0 Å². The molecule has 0 bridgehead atoms. The number of nitrogens with zero attached hydrogens (tertiary/aromatic N) is 1. The largest absolute Gasteiger partial charge is 0.374 e. The SMILES string of the molecule is c1ccc2c(CNCC3CN4CCCC4CO3)c[nH]c2c1. The fraction of sp³-hybridized carbons (Fsp3) is 0.529. The molecule has 4 nitrogen and oxygen atoms in total. The first kappa shape index (κ1) is 13.3. The molecule has 112 valence electrons. The van der Waals surface area contributed by atoms with Crippen LogP contribution in [0.3, 0.4) is 0 Å². The second kappa shape index (κ2) is 5.79. The first-order chi connectivity index (χ1) is 10.4. The van der Waals surface area contributed by atoms with Crippen molar-refractivity contribution in [3.05, 3.63) is 36.0 Å². The monoisotopic (exact) mass is 285 g/mol. The molecule has 2 fully saturated rings. The van der Waals surface area contributed by atoms with Crippen LogP contribution in [0.5, 0.6) is 0 Å². The van der Waals surface area contributed by atoms with E-state index in [-0.39, 0.29) is 0 Å². The molecule has 0 radical (unpaired) electrons. The van der Waals surface area contributed by atoms with Crippen LogP contribution in [0.4, 0.5) is 0 Å². The summed E-state index contributed by atoms with van der Waals surface area (Å²) >= 11 is 0. The van der Waals surface area contributed by atoms with Crippen LogP contribution >= 0.6 is 0 Å². The third-order valence-electron chi connectivity index (χ3n) is 4.82. The highest BCUT2D eigenvalue weighted by atomic mass is 16.5. The van der Waals surface area contributed by atoms with Gasteiger partial charge in [-0.05, 0) is 31.0 Å². The molecule has 0 saturated carbocycles. The Bertz CT molecular complexity index is 609. The van der Waals surface area contributed by atoms with Crippen molar-refractivity contribution < 1.29 is 4.74 Å². The normalized spacial score (nSPS) is 26.3. The number of aromatic amines is 1. The molecule has 3 heterocycles. The fourth-order valence-corrected chi connectivity index (χ4v) is 3.65. The maximum Gasteiger partial charge on any atom is 0.0827 e. The zero-order valence-electron chi connectivity index (χ0n) is 12.3. The van der Waals surface area contributed by atoms with E-state index in [1.807, 2.05) is 0 Å². The van der Waals surface area contributed by atoms with E-state index in [1.165, 1.54) is 35.9 Å². The third-order valence-corrected chi connectivity index (χ3v) is 4.82. The molecule has 0 spiro atoms. The molecule has 21 heavy (non-hydrogen) atoms. The van der Waals surface area contributed by atoms with E-state index < -0.39 is 0 Å². The van der Waals surface area contributed by atoms with Crippen molar-refractivity contribution in [2.24, 2.45) is 0 Å². The van der Waals surface area contributed by atoms with E-state index >= 15 is 0 Å². The Morgan fingerprint density at radius 1 is 1.33 bits per heavy atom. The van der Waals surface area contributed by atoms with Crippen LogP contribution in [0, 0.1) is 0 Å². The van der Waals surface area contributed by atoms with Gasteiger partial charge in [0, 0.05) is 42.8 Å². The predicted molar refractivity (Wildman–Crippen MR) is 84.3 cm³/mol. The van der Waals surface area contributed by atoms with Crippen molar-refractivity contribution >= 4 is 10.9 Å². The number of rotatable bonds is 4. The lowest BCUT2D eigenvalue weighted by molar-refractivity contribution is -0.0470. The zero-order valence-corrected chi connectivity index (χ0v) is 12.3. The molecular formula is C17H23N3O. The molecule has 2 aliphatic rings. The highest BCUT2D eigenvalue weighted by Crippen LogP contribution is 2.22. The lowest BCUT2D eigenvalue weighted by Gasteiger charge is -2.35. The smallest absolute Gasteiger partial charge is 0.0827 e. The lowest BCUT2D eigenvalue weighted by atomic mass is 10.1. The number of hydrogen-bond donors (Lipinski definition) is 2. The average molecular weight is 285 g/mol. The van der Waals surface area contributed by atoms with E-state index in [0.29, 0.717) is 12.1 Å². The van der Waals surface area contributed by atoms with Crippen molar-refractivity contribution in [1.82, 2.24) is 15.2 Å². The van der Waals surface area contributed by atoms with Gasteiger partial charge in [0.2, 0.25) is 0 Å². The maximum absolute atomic E-state index is 5.99. The molecule has 2 atom stereocenters. The predicted octanol–water partition coefficient (Wildman–Crippen LogP) is 2.12. The number of H-pyrrole nitrogens is 1. The molecule has 1 aromatic carbocycles. The van der Waals surface area contributed by atoms with E-state index in [9.17, 15) is 0 Å². The van der Waals surface area contributed by atoms with Crippen LogP contribution < -0.4 is 5.32 Å². The number of fused-ring (bicyclic) bond motifs is 2. The number of benzene rings is 1. The quantitative estimate of drug-likeness (QED) is 0.904. The Kier molecular flexibility index (Phi) is 3.67. The Morgan fingerprint density at radius 3 is 3.29 bits per heavy atom. The van der Waals surface area contributed by atoms with Crippen molar-refractivity contribution in [3.63, 3.8) is 0 Å². The van der Waals surface area contributed by atoms with Crippen LogP contribution in [0.15, 0.2) is 30.5 Å². The van der Waals surface area contributed by atoms with Crippen LogP contribution in [-0.2, 0) is 11.3 Å². The van der Waals surface area contributed by atoms with Crippen LogP contribution in [0.1, 0.15) is 18.4 Å². The van der Waals surface area contributed by atoms with E-state index in [4.69, 9.17) is 4.74 Å². The van der Waals surface area contributed by atoms with Gasteiger partial charge in [0.15, 0.2) is 0 Å². The van der Waals surface area contributed by atoms with Crippen molar-refractivity contribution in [2.45, 2.75) is 31.5 Å². The van der Waals surface area contributed by atoms with Crippen molar-refractivity contribution in [2.75, 3.05) is 26.2 Å². The highest BCUT2D eigenvalue weighted by molar-refractivity contribution is 5.82. The molecule has 4 heteroatoms. The lowest BCUT2D eigenvalue weighted by Crippen LogP contribution is -2.49. The van der Waals surface area contributed by atoms with E-state index in [2.05, 4.69) is 45.7 Å². The number of para-hydroxylation sites is 1. The molecule has 0 amide bonds. The number of nitrogens with one attached hydrogen (secondary N) is 2. The summed E-state index contributed by atoms with van der Waals surface area (Å²) < 4.78 is 5.99. The Balaban J connectivity index is 1.31. The van der Waals surface area contributed by atoms with Gasteiger partial charge >= 0.3 is 0 Å². The zero-order chi connectivity index (χ0) is 14.1. The Labute approximate surface area is 125 Å². The minimum absolute atomic E-state index is 0.338. The second-order valence-corrected chi connectivity index (χ2v) is 6.24. The van der Waals surface area contributed by atoms with Crippen LogP contribution in [-0.4, -0.2) is 48.3 Å². The maximum atomic E-state index is 5.99. The molecule has 2 N–H and O–H groups in total. The summed E-state index contributed by atoms with van der Waals surface area (Å²) in [6.07, 6.45) is 5.10. The standard InChI is InChI=1S/C17H23N3O/c1-2-6-17-16(5-1)13(9-19-17)8-18-10-15-11-20-7-3-4-14(20)12-21-15/h1-2,5-6,9,14-15,18-19H,3-4,7-8,10-12H2. The number of aromatic nitrogens is 1. The molecule has 4 rings (SSSR count). The molecular weight excluding hydrogens is 262 g/mol. The summed E-state index contributed by atoms with van der Waals surface area (Å²) in [6, 6.07) is 9.15. The van der Waals surface area contributed by atoms with Gasteiger partial charge in [0.05, 0.1) is 12.7 Å². The molecule has 0 aliphatic carbocycles. The average Bonchev–Trinajstić information content (AvgIpc) is 3.14.